The lowest BCUT2D eigenvalue weighted by atomic mass is 9.80. The van der Waals surface area contributed by atoms with Crippen molar-refractivity contribution >= 4 is 11.8 Å². The molecule has 0 bridgehead atoms. The number of rotatable bonds is 2. The second kappa shape index (κ2) is 4.48. The minimum absolute atomic E-state index is 0.0187. The molecule has 0 aromatic heterocycles. The van der Waals surface area contributed by atoms with Crippen molar-refractivity contribution in [3.8, 4) is 0 Å². The van der Waals surface area contributed by atoms with Crippen LogP contribution in [0.15, 0.2) is 30.3 Å². The van der Waals surface area contributed by atoms with Crippen LogP contribution in [0, 0.1) is 17.8 Å². The summed E-state index contributed by atoms with van der Waals surface area (Å²) in [4.78, 5) is 24.0. The molecule has 0 unspecified atom stereocenters. The standard InChI is InChI=1S/C16H18O3/c1-9(2)13-14(10-6-4-3-5-7-10)16-11(15(13)18)8-12(17)19-16/h3-7,9,11,13-14,16H,8H2,1-2H3/t11-,13+,14+,16-/m0/s1. The number of ether oxygens (including phenoxy) is 1. The van der Waals surface area contributed by atoms with Crippen LogP contribution >= 0.6 is 0 Å². The third-order valence-electron chi connectivity index (χ3n) is 4.39. The molecule has 1 aliphatic heterocycles. The van der Waals surface area contributed by atoms with Gasteiger partial charge in [0.2, 0.25) is 0 Å². The second-order valence-corrected chi connectivity index (χ2v) is 5.87. The van der Waals surface area contributed by atoms with E-state index in [1.165, 1.54) is 0 Å². The van der Waals surface area contributed by atoms with Crippen LogP contribution in [0.25, 0.3) is 0 Å². The summed E-state index contributed by atoms with van der Waals surface area (Å²) in [5.74, 6) is -0.00560. The highest BCUT2D eigenvalue weighted by Crippen LogP contribution is 2.49. The van der Waals surface area contributed by atoms with E-state index in [2.05, 4.69) is 13.8 Å². The van der Waals surface area contributed by atoms with E-state index in [9.17, 15) is 9.59 Å². The molecule has 1 saturated carbocycles. The number of fused-ring (bicyclic) bond motifs is 1. The fourth-order valence-corrected chi connectivity index (χ4v) is 3.61. The highest BCUT2D eigenvalue weighted by molar-refractivity contribution is 5.93. The fraction of sp³-hybridized carbons (Fsp3) is 0.500. The molecule has 1 heterocycles. The van der Waals surface area contributed by atoms with Crippen LogP contribution in [0.3, 0.4) is 0 Å². The smallest absolute Gasteiger partial charge is 0.306 e. The predicted molar refractivity (Wildman–Crippen MR) is 70.5 cm³/mol. The molecule has 3 heteroatoms. The van der Waals surface area contributed by atoms with Gasteiger partial charge in [-0.3, -0.25) is 9.59 Å². The first kappa shape index (κ1) is 12.4. The molecule has 4 atom stereocenters. The third-order valence-corrected chi connectivity index (χ3v) is 4.39. The Labute approximate surface area is 113 Å². The van der Waals surface area contributed by atoms with Gasteiger partial charge in [-0.25, -0.2) is 0 Å². The number of Topliss-reactive ketones (excluding diaryl/α,β-unsaturated/α-hetero) is 1. The van der Waals surface area contributed by atoms with Gasteiger partial charge in [-0.05, 0) is 11.5 Å². The summed E-state index contributed by atoms with van der Waals surface area (Å²) >= 11 is 0. The maximum Gasteiger partial charge on any atom is 0.306 e. The third kappa shape index (κ3) is 1.88. The van der Waals surface area contributed by atoms with Gasteiger partial charge in [-0.15, -0.1) is 0 Å². The van der Waals surface area contributed by atoms with Crippen LogP contribution in [0.5, 0.6) is 0 Å². The molecule has 19 heavy (non-hydrogen) atoms. The Hall–Kier alpha value is -1.64. The topological polar surface area (TPSA) is 43.4 Å². The van der Waals surface area contributed by atoms with Crippen molar-refractivity contribution in [3.05, 3.63) is 35.9 Å². The Kier molecular flexibility index (Phi) is 2.92. The van der Waals surface area contributed by atoms with E-state index in [1.807, 2.05) is 30.3 Å². The number of ketones is 1. The molecule has 100 valence electrons. The summed E-state index contributed by atoms with van der Waals surface area (Å²) in [7, 11) is 0. The molecule has 3 rings (SSSR count). The van der Waals surface area contributed by atoms with Gasteiger partial charge in [-0.1, -0.05) is 44.2 Å². The SMILES string of the molecule is CC(C)[C@H]1C(=O)[C@@H]2CC(=O)O[C@@H]2[C@@H]1c1ccccc1. The lowest BCUT2D eigenvalue weighted by Gasteiger charge is -2.25. The molecule has 0 radical (unpaired) electrons. The van der Waals surface area contributed by atoms with Gasteiger partial charge in [0.15, 0.2) is 0 Å². The summed E-state index contributed by atoms with van der Waals surface area (Å²) in [5, 5.41) is 0. The second-order valence-electron chi connectivity index (χ2n) is 5.87. The average Bonchev–Trinajstić information content (AvgIpc) is 2.87. The molecular formula is C16H18O3. The van der Waals surface area contributed by atoms with Crippen molar-refractivity contribution < 1.29 is 14.3 Å². The van der Waals surface area contributed by atoms with Crippen LogP contribution < -0.4 is 0 Å². The molecular weight excluding hydrogens is 240 g/mol. The van der Waals surface area contributed by atoms with Gasteiger partial charge in [0.05, 0.1) is 12.3 Å². The molecule has 1 aliphatic carbocycles. The first-order valence-electron chi connectivity index (χ1n) is 6.87. The Bertz CT molecular complexity index is 506. The molecule has 1 aromatic carbocycles. The zero-order valence-electron chi connectivity index (χ0n) is 11.2. The van der Waals surface area contributed by atoms with Gasteiger partial charge in [-0.2, -0.15) is 0 Å². The Morgan fingerprint density at radius 1 is 1.16 bits per heavy atom. The van der Waals surface area contributed by atoms with Crippen molar-refractivity contribution in [2.75, 3.05) is 0 Å². The van der Waals surface area contributed by atoms with Crippen molar-refractivity contribution in [2.24, 2.45) is 17.8 Å². The first-order chi connectivity index (χ1) is 9.09. The van der Waals surface area contributed by atoms with Crippen molar-refractivity contribution in [3.63, 3.8) is 0 Å². The summed E-state index contributed by atoms with van der Waals surface area (Å²) in [6, 6.07) is 9.97. The van der Waals surface area contributed by atoms with Gasteiger partial charge >= 0.3 is 5.97 Å². The largest absolute Gasteiger partial charge is 0.461 e. The number of carbonyl (C=O) groups excluding carboxylic acids is 2. The summed E-state index contributed by atoms with van der Waals surface area (Å²) in [5.41, 5.74) is 1.11. The zero-order chi connectivity index (χ0) is 13.6. The van der Waals surface area contributed by atoms with E-state index in [0.29, 0.717) is 0 Å². The number of hydrogen-bond donors (Lipinski definition) is 0. The van der Waals surface area contributed by atoms with E-state index in [4.69, 9.17) is 4.74 Å². The minimum Gasteiger partial charge on any atom is -0.461 e. The van der Waals surface area contributed by atoms with Crippen LogP contribution in [-0.2, 0) is 14.3 Å². The van der Waals surface area contributed by atoms with Crippen LogP contribution in [0.1, 0.15) is 31.7 Å². The lowest BCUT2D eigenvalue weighted by Crippen LogP contribution is -2.25. The maximum absolute atomic E-state index is 12.5. The predicted octanol–water partition coefficient (Wildman–Crippen LogP) is 2.56. The van der Waals surface area contributed by atoms with Crippen LogP contribution in [-0.4, -0.2) is 17.9 Å². The van der Waals surface area contributed by atoms with Crippen molar-refractivity contribution in [2.45, 2.75) is 32.3 Å². The molecule has 1 saturated heterocycles. The first-order valence-corrected chi connectivity index (χ1v) is 6.87. The number of esters is 1. The zero-order valence-corrected chi connectivity index (χ0v) is 11.2. The lowest BCUT2D eigenvalue weighted by molar-refractivity contribution is -0.142. The van der Waals surface area contributed by atoms with Gasteiger partial charge < -0.3 is 4.74 Å². The Balaban J connectivity index is 2.03. The van der Waals surface area contributed by atoms with Gasteiger partial charge in [0.25, 0.3) is 0 Å². The monoisotopic (exact) mass is 258 g/mol. The normalized spacial score (nSPS) is 33.6. The van der Waals surface area contributed by atoms with Gasteiger partial charge in [0, 0.05) is 11.8 Å². The van der Waals surface area contributed by atoms with E-state index >= 15 is 0 Å². The molecule has 2 aliphatic rings. The molecule has 0 amide bonds. The van der Waals surface area contributed by atoms with Crippen molar-refractivity contribution in [1.29, 1.82) is 0 Å². The van der Waals surface area contributed by atoms with Gasteiger partial charge in [0.1, 0.15) is 11.9 Å². The summed E-state index contributed by atoms with van der Waals surface area (Å²) in [6.45, 7) is 4.14. The molecule has 2 fully saturated rings. The Morgan fingerprint density at radius 2 is 1.84 bits per heavy atom. The highest BCUT2D eigenvalue weighted by atomic mass is 16.6. The summed E-state index contributed by atoms with van der Waals surface area (Å²) in [6.07, 6.45) is 0.00516. The number of benzene rings is 1. The number of hydrogen-bond acceptors (Lipinski definition) is 3. The van der Waals surface area contributed by atoms with E-state index in [-0.39, 0.29) is 47.9 Å². The Morgan fingerprint density at radius 3 is 2.47 bits per heavy atom. The number of carbonyl (C=O) groups is 2. The van der Waals surface area contributed by atoms with Crippen LogP contribution in [0.2, 0.25) is 0 Å². The molecule has 3 nitrogen and oxygen atoms in total. The fourth-order valence-electron chi connectivity index (χ4n) is 3.61. The molecule has 0 spiro atoms. The van der Waals surface area contributed by atoms with E-state index in [0.717, 1.165) is 5.56 Å². The summed E-state index contributed by atoms with van der Waals surface area (Å²) < 4.78 is 5.44. The van der Waals surface area contributed by atoms with Crippen molar-refractivity contribution in [1.82, 2.24) is 0 Å². The quantitative estimate of drug-likeness (QED) is 0.766. The average molecular weight is 258 g/mol. The highest BCUT2D eigenvalue weighted by Gasteiger charge is 2.56. The maximum atomic E-state index is 12.5. The molecule has 0 N–H and O–H groups in total. The molecule has 1 aromatic rings. The van der Waals surface area contributed by atoms with E-state index < -0.39 is 0 Å². The van der Waals surface area contributed by atoms with E-state index in [1.54, 1.807) is 0 Å². The van der Waals surface area contributed by atoms with Crippen LogP contribution in [0.4, 0.5) is 0 Å². The minimum atomic E-state index is -0.255.